The van der Waals surface area contributed by atoms with Crippen molar-refractivity contribution in [2.75, 3.05) is 27.4 Å². The standard InChI is InChI=1S/C34H33FO6/c1-22-19-23(9-18-29(22)35)30-31-32(36)33(41-30,20-39-31)21-40-34(24-7-5-4-6-8-24,25-10-14-27(37-2)15-11-25)26-12-16-28(38-3)17-13-26/h4-19,30-32,36H,20-21H2,1-3H3. The van der Waals surface area contributed by atoms with E-state index in [1.54, 1.807) is 33.3 Å². The number of ether oxygens (including phenoxy) is 5. The average molecular weight is 557 g/mol. The van der Waals surface area contributed by atoms with Crippen molar-refractivity contribution in [1.82, 2.24) is 0 Å². The van der Waals surface area contributed by atoms with Crippen LogP contribution >= 0.6 is 0 Å². The lowest BCUT2D eigenvalue weighted by Crippen LogP contribution is -2.48. The minimum absolute atomic E-state index is 0.0360. The fourth-order valence-corrected chi connectivity index (χ4v) is 5.96. The van der Waals surface area contributed by atoms with Gasteiger partial charge in [0.25, 0.3) is 0 Å². The lowest BCUT2D eigenvalue weighted by atomic mass is 9.79. The number of aliphatic hydroxyl groups is 1. The Morgan fingerprint density at radius 2 is 1.44 bits per heavy atom. The summed E-state index contributed by atoms with van der Waals surface area (Å²) in [5, 5.41) is 11.4. The van der Waals surface area contributed by atoms with Crippen molar-refractivity contribution in [3.8, 4) is 11.5 Å². The number of hydrogen-bond acceptors (Lipinski definition) is 6. The molecule has 0 amide bonds. The summed E-state index contributed by atoms with van der Waals surface area (Å²) in [6.45, 7) is 1.92. The zero-order valence-corrected chi connectivity index (χ0v) is 23.3. The molecule has 4 aromatic rings. The van der Waals surface area contributed by atoms with E-state index in [0.29, 0.717) is 5.56 Å². The molecule has 2 heterocycles. The largest absolute Gasteiger partial charge is 0.497 e. The van der Waals surface area contributed by atoms with E-state index in [0.717, 1.165) is 33.8 Å². The highest BCUT2D eigenvalue weighted by Gasteiger charge is 2.62. The molecule has 2 saturated heterocycles. The van der Waals surface area contributed by atoms with Crippen molar-refractivity contribution in [1.29, 1.82) is 0 Å². The number of rotatable bonds is 9. The Bertz CT molecular complexity index is 1440. The van der Waals surface area contributed by atoms with Gasteiger partial charge in [-0.1, -0.05) is 66.7 Å². The van der Waals surface area contributed by atoms with Crippen molar-refractivity contribution in [2.24, 2.45) is 0 Å². The van der Waals surface area contributed by atoms with Crippen LogP contribution < -0.4 is 9.47 Å². The van der Waals surface area contributed by atoms with Crippen LogP contribution in [0.1, 0.15) is 33.9 Å². The molecule has 7 heteroatoms. The number of halogens is 1. The Hall–Kier alpha value is -3.75. The molecule has 6 rings (SSSR count). The minimum atomic E-state index is -1.11. The predicted octanol–water partition coefficient (Wildman–Crippen LogP) is 5.73. The van der Waals surface area contributed by atoms with E-state index in [1.165, 1.54) is 6.07 Å². The van der Waals surface area contributed by atoms with E-state index in [-0.39, 0.29) is 19.0 Å². The Kier molecular flexibility index (Phi) is 7.30. The molecule has 4 atom stereocenters. The van der Waals surface area contributed by atoms with Gasteiger partial charge >= 0.3 is 0 Å². The lowest BCUT2D eigenvalue weighted by molar-refractivity contribution is -0.184. The normalized spacial score (nSPS) is 23.5. The molecule has 212 valence electrons. The van der Waals surface area contributed by atoms with E-state index >= 15 is 0 Å². The summed E-state index contributed by atoms with van der Waals surface area (Å²) in [6, 6.07) is 30.4. The fourth-order valence-electron chi connectivity index (χ4n) is 5.96. The second-order valence-corrected chi connectivity index (χ2v) is 10.6. The Morgan fingerprint density at radius 1 is 0.854 bits per heavy atom. The molecule has 0 aliphatic carbocycles. The van der Waals surface area contributed by atoms with Crippen LogP contribution in [-0.4, -0.2) is 50.3 Å². The number of aliphatic hydroxyl groups excluding tert-OH is 1. The maximum absolute atomic E-state index is 14.0. The first-order chi connectivity index (χ1) is 19.9. The van der Waals surface area contributed by atoms with Gasteiger partial charge in [0, 0.05) is 0 Å². The number of benzene rings is 4. The SMILES string of the molecule is COc1ccc(C(OCC23COC(C(c4ccc(F)c(C)c4)O2)C3O)(c2ccccc2)c2ccc(OC)cc2)cc1. The van der Waals surface area contributed by atoms with Gasteiger partial charge in [-0.25, -0.2) is 4.39 Å². The van der Waals surface area contributed by atoms with Gasteiger partial charge in [-0.2, -0.15) is 0 Å². The molecule has 0 aromatic heterocycles. The number of fused-ring (bicyclic) bond motifs is 2. The second-order valence-electron chi connectivity index (χ2n) is 10.6. The molecule has 2 bridgehead atoms. The average Bonchev–Trinajstić information content (AvgIpc) is 3.48. The molecule has 0 saturated carbocycles. The Balaban J connectivity index is 1.42. The molecule has 4 unspecified atom stereocenters. The minimum Gasteiger partial charge on any atom is -0.497 e. The van der Waals surface area contributed by atoms with E-state index in [1.807, 2.05) is 78.9 Å². The fraction of sp³-hybridized carbons (Fsp3) is 0.294. The summed E-state index contributed by atoms with van der Waals surface area (Å²) in [6.07, 6.45) is -2.07. The molecular weight excluding hydrogens is 523 g/mol. The van der Waals surface area contributed by atoms with Gasteiger partial charge in [0.15, 0.2) is 0 Å². The van der Waals surface area contributed by atoms with Gasteiger partial charge in [-0.05, 0) is 65.1 Å². The third-order valence-electron chi connectivity index (χ3n) is 8.25. The summed E-state index contributed by atoms with van der Waals surface area (Å²) in [5.74, 6) is 1.16. The van der Waals surface area contributed by atoms with Crippen LogP contribution in [0.4, 0.5) is 4.39 Å². The maximum atomic E-state index is 14.0. The monoisotopic (exact) mass is 556 g/mol. The molecule has 0 spiro atoms. The van der Waals surface area contributed by atoms with E-state index in [4.69, 9.17) is 23.7 Å². The van der Waals surface area contributed by atoms with E-state index < -0.39 is 29.5 Å². The lowest BCUT2D eigenvalue weighted by Gasteiger charge is -2.39. The number of aryl methyl sites for hydroxylation is 1. The van der Waals surface area contributed by atoms with Crippen LogP contribution in [0.15, 0.2) is 97.1 Å². The first kappa shape index (κ1) is 27.4. The summed E-state index contributed by atoms with van der Waals surface area (Å²) in [5.41, 5.74) is 1.74. The Morgan fingerprint density at radius 3 is 2.00 bits per heavy atom. The zero-order valence-electron chi connectivity index (χ0n) is 23.3. The molecule has 1 N–H and O–H groups in total. The van der Waals surface area contributed by atoms with Gasteiger partial charge < -0.3 is 28.8 Å². The van der Waals surface area contributed by atoms with Crippen LogP contribution in [0, 0.1) is 12.7 Å². The van der Waals surface area contributed by atoms with Crippen LogP contribution in [0.5, 0.6) is 11.5 Å². The first-order valence-electron chi connectivity index (χ1n) is 13.6. The maximum Gasteiger partial charge on any atom is 0.144 e. The highest BCUT2D eigenvalue weighted by Crippen LogP contribution is 2.50. The zero-order chi connectivity index (χ0) is 28.6. The van der Waals surface area contributed by atoms with Gasteiger partial charge in [0.05, 0.1) is 27.4 Å². The molecule has 2 fully saturated rings. The molecule has 41 heavy (non-hydrogen) atoms. The van der Waals surface area contributed by atoms with E-state index in [2.05, 4.69) is 0 Å². The third kappa shape index (κ3) is 4.69. The van der Waals surface area contributed by atoms with E-state index in [9.17, 15) is 9.50 Å². The van der Waals surface area contributed by atoms with Crippen molar-refractivity contribution in [3.63, 3.8) is 0 Å². The summed E-state index contributed by atoms with van der Waals surface area (Å²) >= 11 is 0. The highest BCUT2D eigenvalue weighted by atomic mass is 19.1. The third-order valence-corrected chi connectivity index (χ3v) is 8.25. The van der Waals surface area contributed by atoms with Gasteiger partial charge in [-0.3, -0.25) is 0 Å². The molecule has 2 aliphatic rings. The smallest absolute Gasteiger partial charge is 0.144 e. The van der Waals surface area contributed by atoms with Crippen LogP contribution in [0.2, 0.25) is 0 Å². The predicted molar refractivity (Wildman–Crippen MR) is 152 cm³/mol. The second kappa shape index (κ2) is 10.9. The van der Waals surface area contributed by atoms with Crippen molar-refractivity contribution in [2.45, 2.75) is 36.4 Å². The molecule has 2 aliphatic heterocycles. The van der Waals surface area contributed by atoms with Crippen LogP contribution in [0.25, 0.3) is 0 Å². The van der Waals surface area contributed by atoms with Gasteiger partial charge in [0.2, 0.25) is 0 Å². The molecule has 6 nitrogen and oxygen atoms in total. The van der Waals surface area contributed by atoms with Crippen molar-refractivity contribution >= 4 is 0 Å². The first-order valence-corrected chi connectivity index (χ1v) is 13.6. The topological polar surface area (TPSA) is 66.4 Å². The molecular formula is C34H33FO6. The quantitative estimate of drug-likeness (QED) is 0.266. The van der Waals surface area contributed by atoms with Gasteiger partial charge in [-0.15, -0.1) is 0 Å². The van der Waals surface area contributed by atoms with Crippen molar-refractivity contribution < 1.29 is 33.2 Å². The number of hydrogen-bond donors (Lipinski definition) is 1. The highest BCUT2D eigenvalue weighted by molar-refractivity contribution is 5.50. The summed E-state index contributed by atoms with van der Waals surface area (Å²) in [7, 11) is 3.26. The summed E-state index contributed by atoms with van der Waals surface area (Å²) < 4.78 is 44.5. The molecule has 0 radical (unpaired) electrons. The Labute approximate surface area is 239 Å². The number of methoxy groups -OCH3 is 2. The van der Waals surface area contributed by atoms with Crippen LogP contribution in [-0.2, 0) is 19.8 Å². The van der Waals surface area contributed by atoms with Crippen LogP contribution in [0.3, 0.4) is 0 Å². The summed E-state index contributed by atoms with van der Waals surface area (Å²) in [4.78, 5) is 0. The van der Waals surface area contributed by atoms with Gasteiger partial charge in [0.1, 0.15) is 46.8 Å². The molecule has 4 aromatic carbocycles. The van der Waals surface area contributed by atoms with Crippen molar-refractivity contribution in [3.05, 3.63) is 131 Å².